The maximum Gasteiger partial charge on any atom is 0.247 e. The monoisotopic (exact) mass is 796 g/mol. The summed E-state index contributed by atoms with van der Waals surface area (Å²) in [5.74, 6) is 0. The quantitative estimate of drug-likeness (QED) is 0.165. The van der Waals surface area contributed by atoms with Crippen molar-refractivity contribution in [3.8, 4) is 0 Å². The molecule has 61 heavy (non-hydrogen) atoms. The van der Waals surface area contributed by atoms with Crippen molar-refractivity contribution in [1.29, 1.82) is 0 Å². The fraction of sp³-hybridized carbons (Fsp3) is 0.263. The Morgan fingerprint density at radius 1 is 0.475 bits per heavy atom. The predicted octanol–water partition coefficient (Wildman–Crippen LogP) is 13.9. The Bertz CT molecular complexity index is 2950. The molecule has 8 aromatic rings. The Morgan fingerprint density at radius 2 is 1.07 bits per heavy atom. The van der Waals surface area contributed by atoms with Gasteiger partial charge in [0.1, 0.15) is 11.2 Å². The average molecular weight is 797 g/mol. The molecule has 0 bridgehead atoms. The zero-order chi connectivity index (χ0) is 42.8. The van der Waals surface area contributed by atoms with E-state index in [2.05, 4.69) is 232 Å². The predicted molar refractivity (Wildman–Crippen MR) is 262 cm³/mol. The van der Waals surface area contributed by atoms with E-state index in [1.807, 2.05) is 0 Å². The van der Waals surface area contributed by atoms with E-state index in [4.69, 9.17) is 4.42 Å². The van der Waals surface area contributed by atoms with Crippen molar-refractivity contribution >= 4 is 79.2 Å². The third-order valence-corrected chi connectivity index (χ3v) is 13.6. The van der Waals surface area contributed by atoms with Gasteiger partial charge < -0.3 is 14.2 Å². The molecule has 4 heteroatoms. The normalized spacial score (nSPS) is 14.5. The summed E-state index contributed by atoms with van der Waals surface area (Å²) in [6.45, 7) is 25.7. The number of hydrogen-bond acceptors (Lipinski definition) is 3. The molecule has 0 saturated heterocycles. The van der Waals surface area contributed by atoms with E-state index in [1.54, 1.807) is 0 Å². The molecule has 0 unspecified atom stereocenters. The molecule has 10 rings (SSSR count). The number of fused-ring (bicyclic) bond motifs is 7. The minimum atomic E-state index is -0.285. The lowest BCUT2D eigenvalue weighted by Gasteiger charge is -2.46. The van der Waals surface area contributed by atoms with Gasteiger partial charge in [-0.15, -0.1) is 0 Å². The number of para-hydroxylation sites is 2. The molecular formula is C57H57BN2O. The van der Waals surface area contributed by atoms with Gasteiger partial charge >= 0.3 is 0 Å². The van der Waals surface area contributed by atoms with Gasteiger partial charge in [-0.2, -0.15) is 0 Å². The van der Waals surface area contributed by atoms with Crippen LogP contribution in [-0.4, -0.2) is 6.71 Å². The molecule has 0 spiro atoms. The average Bonchev–Trinajstić information content (AvgIpc) is 3.58. The molecule has 0 amide bonds. The molecule has 0 atom stereocenters. The first-order chi connectivity index (χ1) is 28.9. The van der Waals surface area contributed by atoms with E-state index in [-0.39, 0.29) is 28.4 Å². The Hall–Kier alpha value is -6.00. The van der Waals surface area contributed by atoms with Gasteiger partial charge in [0.05, 0.1) is 0 Å². The summed E-state index contributed by atoms with van der Waals surface area (Å²) in [6, 6.07) is 54.7. The van der Waals surface area contributed by atoms with Crippen LogP contribution in [0.3, 0.4) is 0 Å². The summed E-state index contributed by atoms with van der Waals surface area (Å²) in [5.41, 5.74) is 19.3. The smallest absolute Gasteiger partial charge is 0.247 e. The third kappa shape index (κ3) is 6.32. The Balaban J connectivity index is 1.29. The molecule has 3 nitrogen and oxygen atoms in total. The molecule has 1 aromatic heterocycles. The van der Waals surface area contributed by atoms with E-state index in [0.717, 1.165) is 33.9 Å². The van der Waals surface area contributed by atoms with Crippen LogP contribution < -0.4 is 26.2 Å². The number of benzene rings is 7. The lowest BCUT2D eigenvalue weighted by atomic mass is 9.30. The fourth-order valence-electron chi connectivity index (χ4n) is 10.0. The summed E-state index contributed by atoms with van der Waals surface area (Å²) in [7, 11) is 0. The highest BCUT2D eigenvalue weighted by atomic mass is 16.3. The molecule has 0 fully saturated rings. The number of furan rings is 1. The van der Waals surface area contributed by atoms with Gasteiger partial charge in [-0.1, -0.05) is 148 Å². The van der Waals surface area contributed by atoms with Crippen molar-refractivity contribution in [3.63, 3.8) is 0 Å². The van der Waals surface area contributed by atoms with Crippen LogP contribution in [0, 0.1) is 0 Å². The van der Waals surface area contributed by atoms with E-state index in [1.165, 1.54) is 66.4 Å². The number of rotatable bonds is 4. The van der Waals surface area contributed by atoms with Gasteiger partial charge in [0.2, 0.25) is 6.71 Å². The van der Waals surface area contributed by atoms with Crippen LogP contribution in [0.2, 0.25) is 0 Å². The largest absolute Gasteiger partial charge is 0.456 e. The van der Waals surface area contributed by atoms with Crippen LogP contribution in [0.4, 0.5) is 34.1 Å². The van der Waals surface area contributed by atoms with Crippen LogP contribution in [0.5, 0.6) is 0 Å². The second-order valence-electron chi connectivity index (χ2n) is 21.1. The lowest BCUT2D eigenvalue weighted by Crippen LogP contribution is -2.64. The van der Waals surface area contributed by atoms with E-state index >= 15 is 0 Å². The van der Waals surface area contributed by atoms with Crippen molar-refractivity contribution in [2.24, 2.45) is 0 Å². The van der Waals surface area contributed by atoms with Crippen LogP contribution in [0.15, 0.2) is 150 Å². The van der Waals surface area contributed by atoms with Crippen LogP contribution in [0.25, 0.3) is 21.9 Å². The second kappa shape index (κ2) is 13.5. The molecule has 2 aliphatic heterocycles. The van der Waals surface area contributed by atoms with Gasteiger partial charge in [0.15, 0.2) is 0 Å². The van der Waals surface area contributed by atoms with Crippen molar-refractivity contribution in [3.05, 3.63) is 173 Å². The Morgan fingerprint density at radius 3 is 1.67 bits per heavy atom. The molecule has 2 aliphatic rings. The highest BCUT2D eigenvalue weighted by molar-refractivity contribution is 6.99. The number of anilines is 6. The molecule has 304 valence electrons. The van der Waals surface area contributed by atoms with E-state index < -0.39 is 0 Å². The number of nitrogens with zero attached hydrogens (tertiary/aromatic N) is 2. The maximum atomic E-state index is 6.80. The summed E-state index contributed by atoms with van der Waals surface area (Å²) in [6.07, 6.45) is 0. The standard InChI is InChI=1S/C57H57BN2O/c1-54(2,3)36-22-25-41(26-23-36)60-49-33-42(59(39-18-14-12-15-19-39)40-20-16-13-17-21-40)27-28-47(49)58-48-35-52-44(43-30-37(55(4,5)6)24-29-51(43)61-52)34-45(48)57(10,11)46-31-38(56(7,8)9)32-50(60)53(46)58/h12-35H,1-11H3. The summed E-state index contributed by atoms with van der Waals surface area (Å²) in [5, 5.41) is 2.38. The van der Waals surface area contributed by atoms with Gasteiger partial charge in [0.25, 0.3) is 0 Å². The Labute approximate surface area is 363 Å². The maximum absolute atomic E-state index is 6.80. The minimum absolute atomic E-state index is 0.000778. The molecule has 3 heterocycles. The van der Waals surface area contributed by atoms with Crippen LogP contribution in [-0.2, 0) is 21.7 Å². The van der Waals surface area contributed by atoms with Gasteiger partial charge in [-0.05, 0) is 134 Å². The molecule has 0 N–H and O–H groups in total. The van der Waals surface area contributed by atoms with Crippen molar-refractivity contribution in [2.45, 2.75) is 97.8 Å². The molecular weight excluding hydrogens is 739 g/mol. The van der Waals surface area contributed by atoms with E-state index in [9.17, 15) is 0 Å². The highest BCUT2D eigenvalue weighted by Gasteiger charge is 2.47. The summed E-state index contributed by atoms with van der Waals surface area (Å²) >= 11 is 0. The molecule has 0 aliphatic carbocycles. The highest BCUT2D eigenvalue weighted by Crippen LogP contribution is 2.48. The van der Waals surface area contributed by atoms with E-state index in [0.29, 0.717) is 0 Å². The van der Waals surface area contributed by atoms with Gasteiger partial charge in [-0.3, -0.25) is 0 Å². The zero-order valence-electron chi connectivity index (χ0n) is 37.7. The molecule has 0 radical (unpaired) electrons. The van der Waals surface area contributed by atoms with Crippen LogP contribution in [0.1, 0.15) is 104 Å². The lowest BCUT2D eigenvalue weighted by molar-refractivity contribution is 0.583. The fourth-order valence-corrected chi connectivity index (χ4v) is 10.0. The summed E-state index contributed by atoms with van der Waals surface area (Å²) < 4.78 is 6.80. The minimum Gasteiger partial charge on any atom is -0.456 e. The zero-order valence-corrected chi connectivity index (χ0v) is 37.7. The van der Waals surface area contributed by atoms with Crippen LogP contribution >= 0.6 is 0 Å². The molecule has 0 saturated carbocycles. The van der Waals surface area contributed by atoms with Crippen molar-refractivity contribution in [1.82, 2.24) is 0 Å². The molecule has 7 aromatic carbocycles. The van der Waals surface area contributed by atoms with Gasteiger partial charge in [-0.25, -0.2) is 0 Å². The number of hydrogen-bond donors (Lipinski definition) is 0. The Kier molecular flexibility index (Phi) is 8.67. The topological polar surface area (TPSA) is 19.6 Å². The first kappa shape index (κ1) is 39.2. The first-order valence-corrected chi connectivity index (χ1v) is 22.0. The van der Waals surface area contributed by atoms with Crippen molar-refractivity contribution < 1.29 is 4.42 Å². The van der Waals surface area contributed by atoms with Gasteiger partial charge in [0, 0.05) is 50.3 Å². The third-order valence-electron chi connectivity index (χ3n) is 13.6. The first-order valence-electron chi connectivity index (χ1n) is 22.0. The summed E-state index contributed by atoms with van der Waals surface area (Å²) in [4.78, 5) is 4.95. The van der Waals surface area contributed by atoms with Crippen molar-refractivity contribution in [2.75, 3.05) is 9.80 Å². The SMILES string of the molecule is CC(C)(C)c1ccc(N2c3cc(N(c4ccccc4)c4ccccc4)ccc3B3c4cc5oc6ccc(C(C)(C)C)cc6c5cc4C(C)(C)c4cc(C(C)(C)C)cc2c43)cc1. The second-order valence-corrected chi connectivity index (χ2v) is 21.1.